The Morgan fingerprint density at radius 1 is 1.20 bits per heavy atom. The number of halogens is 4. The van der Waals surface area contributed by atoms with Gasteiger partial charge in [-0.3, -0.25) is 14.9 Å². The van der Waals surface area contributed by atoms with Crippen LogP contribution in [0.3, 0.4) is 0 Å². The standard InChI is InChI=1S/C16H17ClF3NO4/c1-3-25-14(22)10-11(16(18,19)20)13(15(23)24-2)21-12(10)8-4-6-9(17)7-5-8/h4-7,10-13,21H,3H2,1-2H3/t10-,11+,12-,13-/m1/s1. The lowest BCUT2D eigenvalue weighted by Crippen LogP contribution is -2.45. The number of ether oxygens (including phenoxy) is 2. The van der Waals surface area contributed by atoms with Gasteiger partial charge < -0.3 is 9.47 Å². The number of carbonyl (C=O) groups excluding carboxylic acids is 2. The molecule has 4 atom stereocenters. The lowest BCUT2D eigenvalue weighted by atomic mass is 9.84. The molecule has 25 heavy (non-hydrogen) atoms. The zero-order chi connectivity index (χ0) is 18.8. The first-order valence-corrected chi connectivity index (χ1v) is 7.91. The molecule has 1 aromatic carbocycles. The molecule has 0 aromatic heterocycles. The number of alkyl halides is 3. The monoisotopic (exact) mass is 379 g/mol. The molecule has 0 saturated carbocycles. The lowest BCUT2D eigenvalue weighted by molar-refractivity contribution is -0.200. The van der Waals surface area contributed by atoms with Crippen molar-refractivity contribution in [3.63, 3.8) is 0 Å². The minimum atomic E-state index is -4.80. The van der Waals surface area contributed by atoms with E-state index in [1.54, 1.807) is 0 Å². The van der Waals surface area contributed by atoms with Crippen LogP contribution in [0.1, 0.15) is 18.5 Å². The van der Waals surface area contributed by atoms with E-state index in [1.165, 1.54) is 31.2 Å². The number of methoxy groups -OCH3 is 1. The van der Waals surface area contributed by atoms with Crippen molar-refractivity contribution in [1.82, 2.24) is 5.32 Å². The molecule has 1 fully saturated rings. The predicted molar refractivity (Wildman–Crippen MR) is 82.8 cm³/mol. The summed E-state index contributed by atoms with van der Waals surface area (Å²) in [4.78, 5) is 24.1. The van der Waals surface area contributed by atoms with Crippen molar-refractivity contribution < 1.29 is 32.2 Å². The number of benzene rings is 1. The van der Waals surface area contributed by atoms with Gasteiger partial charge in [0.15, 0.2) is 0 Å². The van der Waals surface area contributed by atoms with Crippen molar-refractivity contribution in [2.24, 2.45) is 11.8 Å². The summed E-state index contributed by atoms with van der Waals surface area (Å²) in [7, 11) is 0.992. The summed E-state index contributed by atoms with van der Waals surface area (Å²) in [6.45, 7) is 1.42. The molecule has 0 unspecified atom stereocenters. The molecule has 138 valence electrons. The number of hydrogen-bond acceptors (Lipinski definition) is 5. The van der Waals surface area contributed by atoms with E-state index in [0.29, 0.717) is 10.6 Å². The number of carbonyl (C=O) groups is 2. The van der Waals surface area contributed by atoms with Crippen molar-refractivity contribution in [3.8, 4) is 0 Å². The average Bonchev–Trinajstić information content (AvgIpc) is 2.96. The third kappa shape index (κ3) is 4.07. The second-order valence-corrected chi connectivity index (χ2v) is 5.98. The highest BCUT2D eigenvalue weighted by molar-refractivity contribution is 6.30. The summed E-state index contributed by atoms with van der Waals surface area (Å²) in [5.41, 5.74) is 0.392. The molecule has 2 rings (SSSR count). The zero-order valence-corrected chi connectivity index (χ0v) is 14.2. The first kappa shape index (κ1) is 19.5. The van der Waals surface area contributed by atoms with Gasteiger partial charge in [0.2, 0.25) is 0 Å². The molecule has 1 N–H and O–H groups in total. The fourth-order valence-corrected chi connectivity index (χ4v) is 3.17. The number of esters is 2. The van der Waals surface area contributed by atoms with Gasteiger partial charge in [0, 0.05) is 11.1 Å². The van der Waals surface area contributed by atoms with Crippen LogP contribution < -0.4 is 5.32 Å². The highest BCUT2D eigenvalue weighted by Gasteiger charge is 2.62. The molecule has 0 bridgehead atoms. The van der Waals surface area contributed by atoms with E-state index in [9.17, 15) is 22.8 Å². The van der Waals surface area contributed by atoms with Crippen LogP contribution in [0.25, 0.3) is 0 Å². The molecule has 9 heteroatoms. The number of nitrogens with one attached hydrogen (secondary N) is 1. The van der Waals surface area contributed by atoms with Gasteiger partial charge >= 0.3 is 18.1 Å². The van der Waals surface area contributed by atoms with Crippen LogP contribution in [-0.4, -0.2) is 37.9 Å². The number of hydrogen-bond donors (Lipinski definition) is 1. The largest absolute Gasteiger partial charge is 0.468 e. The van der Waals surface area contributed by atoms with Gasteiger partial charge in [-0.1, -0.05) is 23.7 Å². The third-order valence-electron chi connectivity index (χ3n) is 4.09. The number of rotatable bonds is 4. The molecular weight excluding hydrogens is 363 g/mol. The summed E-state index contributed by atoms with van der Waals surface area (Å²) in [6.07, 6.45) is -4.80. The first-order valence-electron chi connectivity index (χ1n) is 7.53. The molecule has 1 aromatic rings. The Bertz CT molecular complexity index is 635. The van der Waals surface area contributed by atoms with Crippen LogP contribution in [0.15, 0.2) is 24.3 Å². The smallest absolute Gasteiger partial charge is 0.394 e. The molecule has 1 aliphatic rings. The molecule has 1 saturated heterocycles. The van der Waals surface area contributed by atoms with Gasteiger partial charge in [-0.05, 0) is 24.6 Å². The van der Waals surface area contributed by atoms with Crippen molar-refractivity contribution in [2.45, 2.75) is 25.2 Å². The third-order valence-corrected chi connectivity index (χ3v) is 4.34. The SMILES string of the molecule is CCOC(=O)[C@@H]1[C@H](C(F)(F)F)[C@H](C(=O)OC)N[C@@H]1c1ccc(Cl)cc1. The molecule has 0 radical (unpaired) electrons. The molecule has 0 spiro atoms. The summed E-state index contributed by atoms with van der Waals surface area (Å²) >= 11 is 5.80. The van der Waals surface area contributed by atoms with Gasteiger partial charge in [0.25, 0.3) is 0 Å². The van der Waals surface area contributed by atoms with E-state index in [2.05, 4.69) is 10.1 Å². The Kier molecular flexibility index (Phi) is 5.95. The Hall–Kier alpha value is -1.80. The molecule has 5 nitrogen and oxygen atoms in total. The van der Waals surface area contributed by atoms with E-state index in [1.807, 2.05) is 0 Å². The molecule has 0 aliphatic carbocycles. The first-order chi connectivity index (χ1) is 11.7. The molecule has 1 aliphatic heterocycles. The minimum Gasteiger partial charge on any atom is -0.468 e. The maximum Gasteiger partial charge on any atom is 0.394 e. The Labute approximate surface area is 147 Å². The van der Waals surface area contributed by atoms with Crippen molar-refractivity contribution in [1.29, 1.82) is 0 Å². The predicted octanol–water partition coefficient (Wildman–Crippen LogP) is 2.88. The highest BCUT2D eigenvalue weighted by atomic mass is 35.5. The van der Waals surface area contributed by atoms with Gasteiger partial charge in [0.1, 0.15) is 6.04 Å². The quantitative estimate of drug-likeness (QED) is 0.815. The topological polar surface area (TPSA) is 64.6 Å². The van der Waals surface area contributed by atoms with Crippen molar-refractivity contribution in [3.05, 3.63) is 34.9 Å². The van der Waals surface area contributed by atoms with E-state index in [-0.39, 0.29) is 6.61 Å². The van der Waals surface area contributed by atoms with E-state index >= 15 is 0 Å². The Morgan fingerprint density at radius 2 is 1.80 bits per heavy atom. The van der Waals surface area contributed by atoms with E-state index in [4.69, 9.17) is 16.3 Å². The summed E-state index contributed by atoms with van der Waals surface area (Å²) in [5, 5.41) is 2.98. The minimum absolute atomic E-state index is 0.0733. The molecule has 1 heterocycles. The summed E-state index contributed by atoms with van der Waals surface area (Å²) in [5.74, 6) is -6.00. The average molecular weight is 380 g/mol. The van der Waals surface area contributed by atoms with Gasteiger partial charge in [-0.15, -0.1) is 0 Å². The zero-order valence-electron chi connectivity index (χ0n) is 13.5. The van der Waals surface area contributed by atoms with Crippen molar-refractivity contribution >= 4 is 23.5 Å². The van der Waals surface area contributed by atoms with Gasteiger partial charge in [-0.2, -0.15) is 13.2 Å². The van der Waals surface area contributed by atoms with E-state index < -0.39 is 42.0 Å². The van der Waals surface area contributed by atoms with Crippen LogP contribution in [0, 0.1) is 11.8 Å². The Morgan fingerprint density at radius 3 is 2.28 bits per heavy atom. The maximum atomic E-state index is 13.6. The summed E-state index contributed by atoms with van der Waals surface area (Å²) < 4.78 is 50.2. The van der Waals surface area contributed by atoms with Gasteiger partial charge in [-0.25, -0.2) is 0 Å². The van der Waals surface area contributed by atoms with Crippen molar-refractivity contribution in [2.75, 3.05) is 13.7 Å². The second kappa shape index (κ2) is 7.61. The van der Waals surface area contributed by atoms with Crippen LogP contribution in [-0.2, 0) is 19.1 Å². The Balaban J connectivity index is 2.50. The van der Waals surface area contributed by atoms with Crippen LogP contribution >= 0.6 is 11.6 Å². The van der Waals surface area contributed by atoms with E-state index in [0.717, 1.165) is 7.11 Å². The second-order valence-electron chi connectivity index (χ2n) is 5.54. The van der Waals surface area contributed by atoms with Crippen LogP contribution in [0.5, 0.6) is 0 Å². The summed E-state index contributed by atoms with van der Waals surface area (Å²) in [6, 6.07) is 3.22. The lowest BCUT2D eigenvalue weighted by Gasteiger charge is -2.25. The fraction of sp³-hybridized carbons (Fsp3) is 0.500. The highest BCUT2D eigenvalue weighted by Crippen LogP contribution is 2.46. The maximum absolute atomic E-state index is 13.6. The van der Waals surface area contributed by atoms with Crippen LogP contribution in [0.4, 0.5) is 13.2 Å². The van der Waals surface area contributed by atoms with Crippen LogP contribution in [0.2, 0.25) is 5.02 Å². The molecule has 0 amide bonds. The fourth-order valence-electron chi connectivity index (χ4n) is 3.04. The van der Waals surface area contributed by atoms with Gasteiger partial charge in [0.05, 0.1) is 25.6 Å². The molecular formula is C16H17ClF3NO4. The normalized spacial score (nSPS) is 26.3.